The Balaban J connectivity index is 1.49. The van der Waals surface area contributed by atoms with E-state index in [1.807, 2.05) is 67.6 Å². The van der Waals surface area contributed by atoms with Gasteiger partial charge in [0.2, 0.25) is 0 Å². The van der Waals surface area contributed by atoms with Gasteiger partial charge < -0.3 is 15.4 Å². The van der Waals surface area contributed by atoms with Gasteiger partial charge in [-0.15, -0.1) is 10.2 Å². The molecule has 32 heavy (non-hydrogen) atoms. The van der Waals surface area contributed by atoms with Gasteiger partial charge in [0.1, 0.15) is 11.6 Å². The highest BCUT2D eigenvalue weighted by Gasteiger charge is 2.09. The highest BCUT2D eigenvalue weighted by atomic mass is 16.5. The van der Waals surface area contributed by atoms with E-state index in [1.54, 1.807) is 19.1 Å². The summed E-state index contributed by atoms with van der Waals surface area (Å²) in [5.74, 6) is 1.40. The second-order valence-corrected chi connectivity index (χ2v) is 6.91. The summed E-state index contributed by atoms with van der Waals surface area (Å²) in [4.78, 5) is 20.7. The van der Waals surface area contributed by atoms with Crippen LogP contribution in [0.5, 0.6) is 0 Å². The van der Waals surface area contributed by atoms with Crippen LogP contribution in [0.2, 0.25) is 0 Å². The second-order valence-electron chi connectivity index (χ2n) is 6.91. The summed E-state index contributed by atoms with van der Waals surface area (Å²) in [5.41, 5.74) is 3.71. The summed E-state index contributed by atoms with van der Waals surface area (Å²) in [6, 6.07) is 22.9. The lowest BCUT2D eigenvalue weighted by molar-refractivity contribution is 0.0518. The molecule has 0 spiro atoms. The maximum Gasteiger partial charge on any atom is 0.358 e. The quantitative estimate of drug-likeness (QED) is 0.402. The van der Waals surface area contributed by atoms with Gasteiger partial charge in [-0.1, -0.05) is 36.4 Å². The van der Waals surface area contributed by atoms with Crippen LogP contribution in [-0.4, -0.2) is 32.7 Å². The van der Waals surface area contributed by atoms with E-state index in [4.69, 9.17) is 4.74 Å². The lowest BCUT2D eigenvalue weighted by atomic mass is 10.1. The molecule has 2 heterocycles. The molecule has 0 amide bonds. The molecule has 2 aromatic carbocycles. The van der Waals surface area contributed by atoms with E-state index < -0.39 is 5.97 Å². The van der Waals surface area contributed by atoms with Gasteiger partial charge in [0, 0.05) is 23.0 Å². The molecule has 160 valence electrons. The third-order valence-electron chi connectivity index (χ3n) is 4.46. The maximum atomic E-state index is 11.7. The number of benzene rings is 2. The number of carbonyl (C=O) groups excluding carboxylic acids is 1. The molecule has 8 nitrogen and oxygen atoms in total. The zero-order valence-electron chi connectivity index (χ0n) is 17.7. The molecule has 0 fully saturated rings. The average Bonchev–Trinajstić information content (AvgIpc) is 2.80. The van der Waals surface area contributed by atoms with Crippen LogP contribution in [0.4, 0.5) is 23.0 Å². The lowest BCUT2D eigenvalue weighted by Crippen LogP contribution is -2.08. The van der Waals surface area contributed by atoms with Gasteiger partial charge in [-0.05, 0) is 44.2 Å². The zero-order valence-corrected chi connectivity index (χ0v) is 17.7. The smallest absolute Gasteiger partial charge is 0.358 e. The summed E-state index contributed by atoms with van der Waals surface area (Å²) in [7, 11) is 0. The van der Waals surface area contributed by atoms with Crippen molar-refractivity contribution in [3.8, 4) is 11.3 Å². The van der Waals surface area contributed by atoms with E-state index in [0.717, 1.165) is 22.6 Å². The predicted molar refractivity (Wildman–Crippen MR) is 123 cm³/mol. The normalized spacial score (nSPS) is 10.4. The number of nitrogens with zero attached hydrogens (tertiary/aromatic N) is 4. The molecular weight excluding hydrogens is 404 g/mol. The van der Waals surface area contributed by atoms with E-state index in [1.165, 1.54) is 0 Å². The Bertz CT molecular complexity index is 1210. The minimum atomic E-state index is -0.493. The van der Waals surface area contributed by atoms with Crippen molar-refractivity contribution in [2.45, 2.75) is 13.8 Å². The van der Waals surface area contributed by atoms with Crippen LogP contribution in [0.1, 0.15) is 23.2 Å². The number of hydrogen-bond donors (Lipinski definition) is 2. The van der Waals surface area contributed by atoms with Gasteiger partial charge in [0.25, 0.3) is 0 Å². The lowest BCUT2D eigenvalue weighted by Gasteiger charge is -2.11. The highest BCUT2D eigenvalue weighted by molar-refractivity contribution is 5.87. The Kier molecular flexibility index (Phi) is 6.31. The first-order valence-corrected chi connectivity index (χ1v) is 10.2. The van der Waals surface area contributed by atoms with Gasteiger partial charge in [0.15, 0.2) is 11.5 Å². The third kappa shape index (κ3) is 5.23. The standard InChI is InChI=1S/C24H22N6O2/c1-3-32-24(31)20-12-13-22(30-29-20)27-18-10-7-11-19(14-18)28-23-15-21(25-16(2)26-23)17-8-5-4-6-9-17/h4-15H,3H2,1-2H3,(H,27,30)(H,25,26,28). The van der Waals surface area contributed by atoms with Crippen molar-refractivity contribution in [1.82, 2.24) is 20.2 Å². The number of nitrogens with one attached hydrogen (secondary N) is 2. The molecule has 0 saturated heterocycles. The number of ether oxygens (including phenoxy) is 1. The molecule has 2 N–H and O–H groups in total. The number of esters is 1. The molecule has 0 saturated carbocycles. The fourth-order valence-electron chi connectivity index (χ4n) is 3.07. The first-order chi connectivity index (χ1) is 15.6. The number of anilines is 4. The van der Waals surface area contributed by atoms with Gasteiger partial charge in [-0.2, -0.15) is 0 Å². The van der Waals surface area contributed by atoms with Crippen molar-refractivity contribution in [3.05, 3.63) is 84.3 Å². The minimum Gasteiger partial charge on any atom is -0.461 e. The number of rotatable bonds is 7. The van der Waals surface area contributed by atoms with E-state index >= 15 is 0 Å². The fourth-order valence-corrected chi connectivity index (χ4v) is 3.07. The minimum absolute atomic E-state index is 0.168. The maximum absolute atomic E-state index is 11.7. The Labute approximate surface area is 185 Å². The fraction of sp³-hybridized carbons (Fsp3) is 0.125. The van der Waals surface area contributed by atoms with Crippen LogP contribution in [-0.2, 0) is 4.74 Å². The molecule has 2 aromatic heterocycles. The molecule has 0 radical (unpaired) electrons. The highest BCUT2D eigenvalue weighted by Crippen LogP contribution is 2.24. The van der Waals surface area contributed by atoms with Crippen LogP contribution in [0.15, 0.2) is 72.8 Å². The number of hydrogen-bond acceptors (Lipinski definition) is 8. The Morgan fingerprint density at radius 3 is 2.28 bits per heavy atom. The molecule has 0 aliphatic rings. The van der Waals surface area contributed by atoms with Crippen molar-refractivity contribution < 1.29 is 9.53 Å². The topological polar surface area (TPSA) is 102 Å². The molecule has 0 aliphatic heterocycles. The summed E-state index contributed by atoms with van der Waals surface area (Å²) in [6.07, 6.45) is 0. The van der Waals surface area contributed by atoms with Crippen molar-refractivity contribution in [2.24, 2.45) is 0 Å². The first-order valence-electron chi connectivity index (χ1n) is 10.2. The molecule has 0 aliphatic carbocycles. The molecule has 0 bridgehead atoms. The molecule has 0 atom stereocenters. The Morgan fingerprint density at radius 2 is 1.59 bits per heavy atom. The van der Waals surface area contributed by atoms with Crippen LogP contribution >= 0.6 is 0 Å². The summed E-state index contributed by atoms with van der Waals surface area (Å²) >= 11 is 0. The van der Waals surface area contributed by atoms with Gasteiger partial charge >= 0.3 is 5.97 Å². The van der Waals surface area contributed by atoms with Crippen LogP contribution in [0.25, 0.3) is 11.3 Å². The van der Waals surface area contributed by atoms with Gasteiger partial charge in [0.05, 0.1) is 12.3 Å². The van der Waals surface area contributed by atoms with E-state index in [0.29, 0.717) is 24.1 Å². The average molecular weight is 426 g/mol. The van der Waals surface area contributed by atoms with Crippen LogP contribution in [0, 0.1) is 6.92 Å². The monoisotopic (exact) mass is 426 g/mol. The van der Waals surface area contributed by atoms with Crippen molar-refractivity contribution in [3.63, 3.8) is 0 Å². The zero-order chi connectivity index (χ0) is 22.3. The molecular formula is C24H22N6O2. The summed E-state index contributed by atoms with van der Waals surface area (Å²) in [6.45, 7) is 3.90. The molecule has 4 rings (SSSR count). The van der Waals surface area contributed by atoms with Gasteiger partial charge in [-0.3, -0.25) is 0 Å². The number of carbonyl (C=O) groups is 1. The summed E-state index contributed by atoms with van der Waals surface area (Å²) < 4.78 is 4.92. The number of aromatic nitrogens is 4. The van der Waals surface area contributed by atoms with E-state index in [2.05, 4.69) is 30.8 Å². The Hall–Kier alpha value is -4.33. The van der Waals surface area contributed by atoms with Crippen molar-refractivity contribution >= 4 is 29.0 Å². The predicted octanol–water partition coefficient (Wildman–Crippen LogP) is 4.91. The number of aryl methyl sites for hydroxylation is 1. The van der Waals surface area contributed by atoms with Crippen molar-refractivity contribution in [2.75, 3.05) is 17.2 Å². The largest absolute Gasteiger partial charge is 0.461 e. The van der Waals surface area contributed by atoms with Crippen molar-refractivity contribution in [1.29, 1.82) is 0 Å². The summed E-state index contributed by atoms with van der Waals surface area (Å²) in [5, 5.41) is 14.5. The Morgan fingerprint density at radius 1 is 0.844 bits per heavy atom. The van der Waals surface area contributed by atoms with Gasteiger partial charge in [-0.25, -0.2) is 14.8 Å². The van der Waals surface area contributed by atoms with E-state index in [-0.39, 0.29) is 5.69 Å². The second kappa shape index (κ2) is 9.65. The first kappa shape index (κ1) is 20.9. The van der Waals surface area contributed by atoms with Crippen LogP contribution < -0.4 is 10.6 Å². The molecule has 0 unspecified atom stereocenters. The van der Waals surface area contributed by atoms with E-state index in [9.17, 15) is 4.79 Å². The molecule has 8 heteroatoms. The van der Waals surface area contributed by atoms with Crippen LogP contribution in [0.3, 0.4) is 0 Å². The third-order valence-corrected chi connectivity index (χ3v) is 4.46. The SMILES string of the molecule is CCOC(=O)c1ccc(Nc2cccc(Nc3cc(-c4ccccc4)nc(C)n3)c2)nn1. The molecule has 4 aromatic rings.